The van der Waals surface area contributed by atoms with E-state index in [1.54, 1.807) is 12.1 Å². The highest BCUT2D eigenvalue weighted by molar-refractivity contribution is 7.81. The molecule has 176 valence electrons. The van der Waals surface area contributed by atoms with Gasteiger partial charge in [0.25, 0.3) is 6.47 Å². The fourth-order valence-electron chi connectivity index (χ4n) is 4.66. The maximum atomic E-state index is 14.0. The van der Waals surface area contributed by atoms with E-state index in [1.807, 2.05) is 30.3 Å². The van der Waals surface area contributed by atoms with Gasteiger partial charge in [0.05, 0.1) is 16.7 Å². The van der Waals surface area contributed by atoms with Crippen LogP contribution in [0.1, 0.15) is 47.9 Å². The van der Waals surface area contributed by atoms with Crippen LogP contribution in [-0.2, 0) is 28.0 Å². The van der Waals surface area contributed by atoms with Crippen LogP contribution < -0.4 is 0 Å². The fraction of sp³-hybridized carbons (Fsp3) is 0.346. The van der Waals surface area contributed by atoms with Crippen LogP contribution in [0.25, 0.3) is 10.8 Å². The molecule has 0 saturated carbocycles. The van der Waals surface area contributed by atoms with Crippen molar-refractivity contribution in [2.45, 2.75) is 44.8 Å². The highest BCUT2D eigenvalue weighted by Crippen LogP contribution is 2.38. The van der Waals surface area contributed by atoms with Crippen LogP contribution in [0.2, 0.25) is 5.02 Å². The molecular weight excluding hydrogens is 461 g/mol. The van der Waals surface area contributed by atoms with Crippen molar-refractivity contribution in [1.29, 1.82) is 0 Å². The van der Waals surface area contributed by atoms with Crippen molar-refractivity contribution >= 4 is 39.8 Å². The number of benzene rings is 3. The molecule has 0 aliphatic carbocycles. The summed E-state index contributed by atoms with van der Waals surface area (Å²) in [6, 6.07) is 14.9. The van der Waals surface area contributed by atoms with Crippen molar-refractivity contribution in [3.63, 3.8) is 0 Å². The first-order valence-corrected chi connectivity index (χ1v) is 12.7. The standard InChI is InChI=1S/C25H27ClFNOS.CH2O2/c1-3-19-14-21-7-8-23(27)15-24(21)25(17(19)2)20-9-11-28(12-10-20)30(29)16-18-5-4-6-22(26)13-18;2-1-3/h4-8,13-15,20H,3,9-12,16H2,1-2H3;1H,(H,2,3). The Bertz CT molecular complexity index is 1150. The molecule has 3 aromatic carbocycles. The molecule has 4 nitrogen and oxygen atoms in total. The predicted octanol–water partition coefficient (Wildman–Crippen LogP) is 6.25. The molecule has 1 heterocycles. The zero-order valence-corrected chi connectivity index (χ0v) is 20.5. The van der Waals surface area contributed by atoms with Gasteiger partial charge in [0, 0.05) is 18.1 Å². The number of carboxylic acid groups (broad SMARTS) is 1. The number of hydrogen-bond donors (Lipinski definition) is 1. The zero-order valence-electron chi connectivity index (χ0n) is 18.9. The number of hydrogen-bond acceptors (Lipinski definition) is 2. The van der Waals surface area contributed by atoms with Gasteiger partial charge in [-0.2, -0.15) is 0 Å². The SMILES string of the molecule is CCc1cc2ccc(F)cc2c(C2CCN(S(=O)Cc3cccc(Cl)c3)CC2)c1C.O=CO. The molecule has 7 heteroatoms. The van der Waals surface area contributed by atoms with E-state index in [4.69, 9.17) is 21.5 Å². The summed E-state index contributed by atoms with van der Waals surface area (Å²) < 4.78 is 29.0. The number of rotatable bonds is 5. The lowest BCUT2D eigenvalue weighted by molar-refractivity contribution is -0.122. The molecular formula is C26H29ClFNO3S. The molecule has 0 bridgehead atoms. The van der Waals surface area contributed by atoms with E-state index in [2.05, 4.69) is 24.2 Å². The number of aryl methyl sites for hydroxylation is 1. The molecule has 1 saturated heterocycles. The summed E-state index contributed by atoms with van der Waals surface area (Å²) in [5.41, 5.74) is 4.89. The molecule has 1 fully saturated rings. The van der Waals surface area contributed by atoms with Gasteiger partial charge in [-0.1, -0.05) is 42.8 Å². The molecule has 0 radical (unpaired) electrons. The molecule has 1 atom stereocenters. The zero-order chi connectivity index (χ0) is 24.0. The Balaban J connectivity index is 0.000000968. The Morgan fingerprint density at radius 1 is 1.18 bits per heavy atom. The second-order valence-corrected chi connectivity index (χ2v) is 10.1. The molecule has 3 aromatic rings. The normalized spacial score (nSPS) is 15.6. The van der Waals surface area contributed by atoms with Crippen molar-refractivity contribution < 1.29 is 18.5 Å². The largest absolute Gasteiger partial charge is 0.483 e. The van der Waals surface area contributed by atoms with Crippen LogP contribution in [0.5, 0.6) is 0 Å². The van der Waals surface area contributed by atoms with Gasteiger partial charge in [0.15, 0.2) is 0 Å². The Morgan fingerprint density at radius 2 is 1.88 bits per heavy atom. The number of halogens is 2. The molecule has 1 N–H and O–H groups in total. The second-order valence-electron chi connectivity index (χ2n) is 8.20. The average Bonchev–Trinajstić information content (AvgIpc) is 2.79. The summed E-state index contributed by atoms with van der Waals surface area (Å²) in [6.07, 6.45) is 2.83. The molecule has 0 aromatic heterocycles. The van der Waals surface area contributed by atoms with Gasteiger partial charge in [0.2, 0.25) is 0 Å². The number of fused-ring (bicyclic) bond motifs is 1. The van der Waals surface area contributed by atoms with Crippen molar-refractivity contribution in [3.05, 3.63) is 81.6 Å². The third-order valence-electron chi connectivity index (χ3n) is 6.23. The lowest BCUT2D eigenvalue weighted by Crippen LogP contribution is -2.35. The molecule has 33 heavy (non-hydrogen) atoms. The third-order valence-corrected chi connectivity index (χ3v) is 7.99. The highest BCUT2D eigenvalue weighted by atomic mass is 35.5. The molecule has 1 unspecified atom stereocenters. The molecule has 4 rings (SSSR count). The van der Waals surface area contributed by atoms with Crippen LogP contribution in [-0.4, -0.2) is 33.2 Å². The lowest BCUT2D eigenvalue weighted by atomic mass is 9.82. The third kappa shape index (κ3) is 6.19. The second kappa shape index (κ2) is 11.7. The van der Waals surface area contributed by atoms with Gasteiger partial charge in [-0.15, -0.1) is 0 Å². The molecule has 0 amide bonds. The lowest BCUT2D eigenvalue weighted by Gasteiger charge is -2.33. The Labute approximate surface area is 202 Å². The maximum Gasteiger partial charge on any atom is 0.290 e. The smallest absolute Gasteiger partial charge is 0.290 e. The summed E-state index contributed by atoms with van der Waals surface area (Å²) in [4.78, 5) is 8.36. The van der Waals surface area contributed by atoms with Crippen molar-refractivity contribution in [2.75, 3.05) is 13.1 Å². The first kappa shape index (κ1) is 25.3. The number of nitrogens with zero attached hydrogens (tertiary/aromatic N) is 1. The van der Waals surface area contributed by atoms with Crippen molar-refractivity contribution in [3.8, 4) is 0 Å². The topological polar surface area (TPSA) is 57.6 Å². The minimum atomic E-state index is -1.06. The van der Waals surface area contributed by atoms with E-state index in [0.29, 0.717) is 16.7 Å². The minimum Gasteiger partial charge on any atom is -0.483 e. The van der Waals surface area contributed by atoms with Crippen LogP contribution >= 0.6 is 11.6 Å². The summed E-state index contributed by atoms with van der Waals surface area (Å²) >= 11 is 6.06. The van der Waals surface area contributed by atoms with Crippen LogP contribution in [0, 0.1) is 12.7 Å². The van der Waals surface area contributed by atoms with Gasteiger partial charge in [-0.25, -0.2) is 12.9 Å². The first-order valence-electron chi connectivity index (χ1n) is 11.0. The van der Waals surface area contributed by atoms with Gasteiger partial charge in [-0.3, -0.25) is 4.79 Å². The Morgan fingerprint density at radius 3 is 2.52 bits per heavy atom. The summed E-state index contributed by atoms with van der Waals surface area (Å²) in [5.74, 6) is 0.664. The minimum absolute atomic E-state index is 0.188. The van der Waals surface area contributed by atoms with E-state index in [9.17, 15) is 8.60 Å². The summed E-state index contributed by atoms with van der Waals surface area (Å²) in [6.45, 7) is 5.65. The number of piperidine rings is 1. The number of carbonyl (C=O) groups is 1. The van der Waals surface area contributed by atoms with Crippen molar-refractivity contribution in [2.24, 2.45) is 0 Å². The highest BCUT2D eigenvalue weighted by Gasteiger charge is 2.27. The van der Waals surface area contributed by atoms with Crippen LogP contribution in [0.15, 0.2) is 48.5 Å². The molecule has 1 aliphatic rings. The van der Waals surface area contributed by atoms with Gasteiger partial charge < -0.3 is 5.11 Å². The molecule has 1 aliphatic heterocycles. The maximum absolute atomic E-state index is 14.0. The van der Waals surface area contributed by atoms with Gasteiger partial charge in [-0.05, 0) is 89.4 Å². The average molecular weight is 490 g/mol. The van der Waals surface area contributed by atoms with E-state index in [-0.39, 0.29) is 12.3 Å². The monoisotopic (exact) mass is 489 g/mol. The van der Waals surface area contributed by atoms with Crippen LogP contribution in [0.3, 0.4) is 0 Å². The predicted molar refractivity (Wildman–Crippen MR) is 134 cm³/mol. The fourth-order valence-corrected chi connectivity index (χ4v) is 6.14. The van der Waals surface area contributed by atoms with Gasteiger partial charge in [0.1, 0.15) is 5.82 Å². The van der Waals surface area contributed by atoms with E-state index in [1.165, 1.54) is 16.7 Å². The Hall–Kier alpha value is -2.28. The summed E-state index contributed by atoms with van der Waals surface area (Å²) in [7, 11) is -1.06. The summed E-state index contributed by atoms with van der Waals surface area (Å²) in [5, 5.41) is 9.71. The quantitative estimate of drug-likeness (QED) is 0.431. The van der Waals surface area contributed by atoms with E-state index >= 15 is 0 Å². The van der Waals surface area contributed by atoms with Crippen LogP contribution in [0.4, 0.5) is 4.39 Å². The molecule has 0 spiro atoms. The van der Waals surface area contributed by atoms with E-state index in [0.717, 1.165) is 48.7 Å². The first-order chi connectivity index (χ1) is 15.9. The van der Waals surface area contributed by atoms with Gasteiger partial charge >= 0.3 is 0 Å². The van der Waals surface area contributed by atoms with Crippen molar-refractivity contribution in [1.82, 2.24) is 4.31 Å². The Kier molecular flexibility index (Phi) is 9.01. The van der Waals surface area contributed by atoms with E-state index < -0.39 is 11.0 Å².